The van der Waals surface area contributed by atoms with Gasteiger partial charge in [-0.3, -0.25) is 4.79 Å². The number of rotatable bonds is 4. The Morgan fingerprint density at radius 3 is 2.29 bits per heavy atom. The van der Waals surface area contributed by atoms with Gasteiger partial charge in [0.1, 0.15) is 0 Å². The SMILES string of the molecule is CCCC(=O)c1cc(CC)cc(C(F)(F)F)c1. The Kier molecular flexibility index (Phi) is 4.32. The van der Waals surface area contributed by atoms with E-state index in [0.29, 0.717) is 18.4 Å². The van der Waals surface area contributed by atoms with Gasteiger partial charge in [-0.25, -0.2) is 0 Å². The second kappa shape index (κ2) is 5.34. The summed E-state index contributed by atoms with van der Waals surface area (Å²) in [5.74, 6) is -0.228. The minimum atomic E-state index is -4.40. The molecule has 1 nitrogen and oxygen atoms in total. The van der Waals surface area contributed by atoms with E-state index in [1.54, 1.807) is 13.0 Å². The Labute approximate surface area is 98.6 Å². The molecule has 0 aliphatic rings. The molecule has 0 aliphatic carbocycles. The lowest BCUT2D eigenvalue weighted by Crippen LogP contribution is -2.09. The fourth-order valence-electron chi connectivity index (χ4n) is 1.59. The lowest BCUT2D eigenvalue weighted by molar-refractivity contribution is -0.137. The number of carbonyl (C=O) groups excluding carboxylic acids is 1. The van der Waals surface area contributed by atoms with Crippen LogP contribution in [0.3, 0.4) is 0 Å². The number of aryl methyl sites for hydroxylation is 1. The van der Waals surface area contributed by atoms with Gasteiger partial charge in [0.25, 0.3) is 0 Å². The molecule has 0 radical (unpaired) electrons. The van der Waals surface area contributed by atoms with E-state index in [0.717, 1.165) is 12.1 Å². The number of hydrogen-bond donors (Lipinski definition) is 0. The van der Waals surface area contributed by atoms with Gasteiger partial charge in [-0.15, -0.1) is 0 Å². The van der Waals surface area contributed by atoms with Crippen LogP contribution < -0.4 is 0 Å². The van der Waals surface area contributed by atoms with E-state index in [1.165, 1.54) is 0 Å². The number of ketones is 1. The molecular formula is C13H15F3O. The Morgan fingerprint density at radius 2 is 1.82 bits per heavy atom. The predicted molar refractivity (Wildman–Crippen MR) is 60.1 cm³/mol. The van der Waals surface area contributed by atoms with Crippen LogP contribution in [-0.2, 0) is 12.6 Å². The largest absolute Gasteiger partial charge is 0.416 e. The third-order valence-electron chi connectivity index (χ3n) is 2.53. The summed E-state index contributed by atoms with van der Waals surface area (Å²) in [7, 11) is 0. The van der Waals surface area contributed by atoms with Gasteiger partial charge in [0.15, 0.2) is 5.78 Å². The Hall–Kier alpha value is -1.32. The van der Waals surface area contributed by atoms with Gasteiger partial charge >= 0.3 is 6.18 Å². The average Bonchev–Trinajstić information content (AvgIpc) is 2.27. The number of hydrogen-bond acceptors (Lipinski definition) is 1. The topological polar surface area (TPSA) is 17.1 Å². The number of Topliss-reactive ketones (excluding diaryl/α,β-unsaturated/α-hetero) is 1. The number of benzene rings is 1. The Morgan fingerprint density at radius 1 is 1.18 bits per heavy atom. The molecule has 0 fully saturated rings. The normalized spacial score (nSPS) is 11.6. The summed E-state index contributed by atoms with van der Waals surface area (Å²) in [6.45, 7) is 3.59. The van der Waals surface area contributed by atoms with Crippen molar-refractivity contribution in [3.05, 3.63) is 34.9 Å². The van der Waals surface area contributed by atoms with Crippen molar-refractivity contribution in [3.63, 3.8) is 0 Å². The minimum Gasteiger partial charge on any atom is -0.294 e. The van der Waals surface area contributed by atoms with Crippen molar-refractivity contribution in [2.24, 2.45) is 0 Å². The summed E-state index contributed by atoms with van der Waals surface area (Å²) in [5.41, 5.74) is -0.0332. The Bertz CT molecular complexity index is 408. The highest BCUT2D eigenvalue weighted by molar-refractivity contribution is 5.96. The lowest BCUT2D eigenvalue weighted by Gasteiger charge is -2.10. The molecule has 1 aromatic rings. The van der Waals surface area contributed by atoms with Crippen LogP contribution in [0.4, 0.5) is 13.2 Å². The van der Waals surface area contributed by atoms with Gasteiger partial charge in [0.05, 0.1) is 5.56 Å². The molecule has 0 saturated carbocycles. The second-order valence-electron chi connectivity index (χ2n) is 3.94. The second-order valence-corrected chi connectivity index (χ2v) is 3.94. The zero-order valence-corrected chi connectivity index (χ0v) is 9.90. The first-order valence-electron chi connectivity index (χ1n) is 5.62. The van der Waals surface area contributed by atoms with E-state index in [9.17, 15) is 18.0 Å². The smallest absolute Gasteiger partial charge is 0.294 e. The zero-order chi connectivity index (χ0) is 13.1. The summed E-state index contributed by atoms with van der Waals surface area (Å²) in [6.07, 6.45) is -3.00. The van der Waals surface area contributed by atoms with E-state index in [4.69, 9.17) is 0 Å². The molecule has 0 spiro atoms. The van der Waals surface area contributed by atoms with E-state index < -0.39 is 11.7 Å². The number of halogens is 3. The van der Waals surface area contributed by atoms with Gasteiger partial charge in [-0.2, -0.15) is 13.2 Å². The molecule has 0 N–H and O–H groups in total. The first-order valence-corrected chi connectivity index (χ1v) is 5.62. The molecule has 94 valence electrons. The van der Waals surface area contributed by atoms with E-state index in [2.05, 4.69) is 0 Å². The monoisotopic (exact) mass is 244 g/mol. The van der Waals surface area contributed by atoms with Gasteiger partial charge in [-0.05, 0) is 36.6 Å². The first-order chi connectivity index (χ1) is 7.88. The van der Waals surface area contributed by atoms with Gasteiger partial charge in [0, 0.05) is 12.0 Å². The lowest BCUT2D eigenvalue weighted by atomic mass is 9.99. The van der Waals surface area contributed by atoms with Crippen LogP contribution in [0.5, 0.6) is 0 Å². The fourth-order valence-corrected chi connectivity index (χ4v) is 1.59. The highest BCUT2D eigenvalue weighted by atomic mass is 19.4. The third kappa shape index (κ3) is 3.58. The van der Waals surface area contributed by atoms with Crippen LogP contribution in [0.2, 0.25) is 0 Å². The van der Waals surface area contributed by atoms with Crippen molar-refractivity contribution >= 4 is 5.78 Å². The molecule has 4 heteroatoms. The van der Waals surface area contributed by atoms with Gasteiger partial charge in [0.2, 0.25) is 0 Å². The molecule has 0 amide bonds. The molecule has 1 rings (SSSR count). The van der Waals surface area contributed by atoms with Crippen LogP contribution in [0, 0.1) is 0 Å². The molecule has 0 bridgehead atoms. The summed E-state index contributed by atoms with van der Waals surface area (Å²) in [4.78, 5) is 11.6. The van der Waals surface area contributed by atoms with Gasteiger partial charge in [-0.1, -0.05) is 13.8 Å². The van der Waals surface area contributed by atoms with E-state index in [1.807, 2.05) is 6.92 Å². The molecule has 1 aromatic carbocycles. The molecule has 0 aliphatic heterocycles. The summed E-state index contributed by atoms with van der Waals surface area (Å²) in [5, 5.41) is 0. The van der Waals surface area contributed by atoms with Crippen molar-refractivity contribution in [2.75, 3.05) is 0 Å². The van der Waals surface area contributed by atoms with Crippen LogP contribution in [0.1, 0.15) is 48.2 Å². The van der Waals surface area contributed by atoms with Crippen molar-refractivity contribution in [1.82, 2.24) is 0 Å². The number of alkyl halides is 3. The average molecular weight is 244 g/mol. The quantitative estimate of drug-likeness (QED) is 0.723. The number of carbonyl (C=O) groups is 1. The molecule has 0 saturated heterocycles. The Balaban J connectivity index is 3.19. The highest BCUT2D eigenvalue weighted by Gasteiger charge is 2.31. The fraction of sp³-hybridized carbons (Fsp3) is 0.462. The maximum atomic E-state index is 12.6. The standard InChI is InChI=1S/C13H15F3O/c1-3-5-12(17)10-6-9(4-2)7-11(8-10)13(14,15)16/h6-8H,3-5H2,1-2H3. The van der Waals surface area contributed by atoms with Crippen molar-refractivity contribution in [2.45, 2.75) is 39.3 Å². The molecule has 0 heterocycles. The molecular weight excluding hydrogens is 229 g/mol. The van der Waals surface area contributed by atoms with Crippen LogP contribution >= 0.6 is 0 Å². The van der Waals surface area contributed by atoms with Crippen LogP contribution in [0.25, 0.3) is 0 Å². The molecule has 0 unspecified atom stereocenters. The van der Waals surface area contributed by atoms with Crippen LogP contribution in [0.15, 0.2) is 18.2 Å². The van der Waals surface area contributed by atoms with E-state index in [-0.39, 0.29) is 17.8 Å². The van der Waals surface area contributed by atoms with Gasteiger partial charge < -0.3 is 0 Å². The van der Waals surface area contributed by atoms with Crippen molar-refractivity contribution in [3.8, 4) is 0 Å². The maximum Gasteiger partial charge on any atom is 0.416 e. The summed E-state index contributed by atoms with van der Waals surface area (Å²) < 4.78 is 37.9. The van der Waals surface area contributed by atoms with E-state index >= 15 is 0 Å². The summed E-state index contributed by atoms with van der Waals surface area (Å²) in [6, 6.07) is 3.59. The van der Waals surface area contributed by atoms with Crippen molar-refractivity contribution in [1.29, 1.82) is 0 Å². The summed E-state index contributed by atoms with van der Waals surface area (Å²) >= 11 is 0. The van der Waals surface area contributed by atoms with Crippen LogP contribution in [-0.4, -0.2) is 5.78 Å². The zero-order valence-electron chi connectivity index (χ0n) is 9.90. The highest BCUT2D eigenvalue weighted by Crippen LogP contribution is 2.31. The third-order valence-corrected chi connectivity index (χ3v) is 2.53. The first kappa shape index (κ1) is 13.7. The molecule has 0 atom stereocenters. The van der Waals surface area contributed by atoms with Crippen molar-refractivity contribution < 1.29 is 18.0 Å². The molecule has 17 heavy (non-hydrogen) atoms. The predicted octanol–water partition coefficient (Wildman–Crippen LogP) is 4.25. The minimum absolute atomic E-state index is 0.165. The molecule has 0 aromatic heterocycles. The maximum absolute atomic E-state index is 12.6.